The molecule has 0 saturated carbocycles. The molecule has 5 heteroatoms. The summed E-state index contributed by atoms with van der Waals surface area (Å²) in [6.07, 6.45) is 1.76. The molecule has 0 aliphatic carbocycles. The van der Waals surface area contributed by atoms with Gasteiger partial charge in [-0.25, -0.2) is 0 Å². The van der Waals surface area contributed by atoms with Gasteiger partial charge in [0, 0.05) is 34.1 Å². The number of amides is 2. The summed E-state index contributed by atoms with van der Waals surface area (Å²) < 4.78 is 0. The first-order valence-corrected chi connectivity index (χ1v) is 9.56. The first kappa shape index (κ1) is 18.3. The summed E-state index contributed by atoms with van der Waals surface area (Å²) in [5, 5.41) is 3.51. The van der Waals surface area contributed by atoms with Crippen LogP contribution in [0.5, 0.6) is 0 Å². The lowest BCUT2D eigenvalue weighted by Gasteiger charge is -2.30. The third-order valence-corrected chi connectivity index (χ3v) is 5.08. The summed E-state index contributed by atoms with van der Waals surface area (Å²) in [7, 11) is 0. The Hall–Kier alpha value is -3.11. The van der Waals surface area contributed by atoms with Gasteiger partial charge in [-0.05, 0) is 73.0 Å². The predicted molar refractivity (Wildman–Crippen MR) is 112 cm³/mol. The minimum atomic E-state index is -0.190. The summed E-state index contributed by atoms with van der Waals surface area (Å²) in [6.45, 7) is 0.692. The van der Waals surface area contributed by atoms with Gasteiger partial charge in [0.25, 0.3) is 11.8 Å². The molecule has 0 radical (unpaired) electrons. The van der Waals surface area contributed by atoms with Gasteiger partial charge in [0.1, 0.15) is 0 Å². The van der Waals surface area contributed by atoms with E-state index in [1.54, 1.807) is 24.3 Å². The van der Waals surface area contributed by atoms with Crippen LogP contribution in [0.3, 0.4) is 0 Å². The molecule has 4 nitrogen and oxygen atoms in total. The van der Waals surface area contributed by atoms with Gasteiger partial charge in [-0.1, -0.05) is 29.8 Å². The highest BCUT2D eigenvalue weighted by atomic mass is 35.5. The van der Waals surface area contributed by atoms with E-state index in [1.807, 2.05) is 53.4 Å². The first-order chi connectivity index (χ1) is 13.6. The molecule has 0 fully saturated rings. The highest BCUT2D eigenvalue weighted by Crippen LogP contribution is 2.31. The molecule has 1 aliphatic rings. The van der Waals surface area contributed by atoms with Crippen LogP contribution in [0.25, 0.3) is 0 Å². The monoisotopic (exact) mass is 390 g/mol. The van der Waals surface area contributed by atoms with Crippen molar-refractivity contribution in [2.45, 2.75) is 12.8 Å². The van der Waals surface area contributed by atoms with Crippen LogP contribution in [0.4, 0.5) is 11.4 Å². The van der Waals surface area contributed by atoms with E-state index in [-0.39, 0.29) is 11.8 Å². The zero-order chi connectivity index (χ0) is 19.5. The molecule has 1 N–H and O–H groups in total. The fourth-order valence-corrected chi connectivity index (χ4v) is 3.55. The predicted octanol–water partition coefficient (Wildman–Crippen LogP) is 5.19. The Bertz CT molecular complexity index is 1020. The molecular weight excluding hydrogens is 372 g/mol. The largest absolute Gasteiger partial charge is 0.322 e. The zero-order valence-electron chi connectivity index (χ0n) is 15.2. The summed E-state index contributed by atoms with van der Waals surface area (Å²) in [4.78, 5) is 27.1. The van der Waals surface area contributed by atoms with E-state index in [0.717, 1.165) is 24.1 Å². The minimum absolute atomic E-state index is 0.000463. The number of rotatable bonds is 3. The molecule has 0 bridgehead atoms. The molecule has 1 heterocycles. The maximum Gasteiger partial charge on any atom is 0.258 e. The molecule has 3 aromatic carbocycles. The molecule has 3 aromatic rings. The van der Waals surface area contributed by atoms with Crippen molar-refractivity contribution in [1.29, 1.82) is 0 Å². The van der Waals surface area contributed by atoms with Gasteiger partial charge in [-0.3, -0.25) is 9.59 Å². The van der Waals surface area contributed by atoms with Crippen molar-refractivity contribution in [3.63, 3.8) is 0 Å². The number of nitrogens with one attached hydrogen (secondary N) is 1. The lowest BCUT2D eigenvalue weighted by Crippen LogP contribution is -2.35. The third-order valence-electron chi connectivity index (χ3n) is 4.83. The lowest BCUT2D eigenvalue weighted by molar-refractivity contribution is 0.0983. The van der Waals surface area contributed by atoms with E-state index < -0.39 is 0 Å². The normalized spacial score (nSPS) is 13.0. The lowest BCUT2D eigenvalue weighted by atomic mass is 10.00. The van der Waals surface area contributed by atoms with Gasteiger partial charge in [0.2, 0.25) is 0 Å². The number of hydrogen-bond acceptors (Lipinski definition) is 2. The number of carbonyl (C=O) groups is 2. The number of aryl methyl sites for hydroxylation is 1. The van der Waals surface area contributed by atoms with E-state index in [1.165, 1.54) is 0 Å². The van der Waals surface area contributed by atoms with E-state index >= 15 is 0 Å². The molecule has 0 aromatic heterocycles. The molecule has 2 amide bonds. The second kappa shape index (κ2) is 7.87. The summed E-state index contributed by atoms with van der Waals surface area (Å²) in [5.41, 5.74) is 3.90. The highest BCUT2D eigenvalue weighted by Gasteiger charge is 2.23. The quantitative estimate of drug-likeness (QED) is 0.669. The number of benzene rings is 3. The van der Waals surface area contributed by atoms with Gasteiger partial charge < -0.3 is 10.2 Å². The van der Waals surface area contributed by atoms with Crippen LogP contribution in [-0.2, 0) is 6.42 Å². The number of carbonyl (C=O) groups excluding carboxylic acids is 2. The number of fused-ring (bicyclic) bond motifs is 1. The van der Waals surface area contributed by atoms with E-state index in [9.17, 15) is 9.59 Å². The van der Waals surface area contributed by atoms with Gasteiger partial charge in [0.15, 0.2) is 0 Å². The number of halogens is 1. The molecule has 1 aliphatic heterocycles. The van der Waals surface area contributed by atoms with Crippen LogP contribution < -0.4 is 10.2 Å². The smallest absolute Gasteiger partial charge is 0.258 e. The van der Waals surface area contributed by atoms with Gasteiger partial charge in [-0.2, -0.15) is 0 Å². The van der Waals surface area contributed by atoms with E-state index in [2.05, 4.69) is 5.32 Å². The van der Waals surface area contributed by atoms with Crippen LogP contribution in [0.2, 0.25) is 5.02 Å². The van der Waals surface area contributed by atoms with Crippen molar-refractivity contribution in [2.24, 2.45) is 0 Å². The fraction of sp³-hybridized carbons (Fsp3) is 0.130. The molecule has 0 unspecified atom stereocenters. The van der Waals surface area contributed by atoms with Gasteiger partial charge in [0.05, 0.1) is 0 Å². The standard InChI is InChI=1S/C23H19ClN2O2/c24-19-10-8-16(9-11-19)22(27)25-20-12-13-21-18(15-20)7-4-14-26(21)23(28)17-5-2-1-3-6-17/h1-3,5-6,8-13,15H,4,7,14H2,(H,25,27). The fourth-order valence-electron chi connectivity index (χ4n) is 3.43. The van der Waals surface area contributed by atoms with E-state index in [4.69, 9.17) is 11.6 Å². The number of hydrogen-bond donors (Lipinski definition) is 1. The highest BCUT2D eigenvalue weighted by molar-refractivity contribution is 6.30. The Morgan fingerprint density at radius 2 is 1.64 bits per heavy atom. The topological polar surface area (TPSA) is 49.4 Å². The maximum absolute atomic E-state index is 12.9. The Kier molecular flexibility index (Phi) is 5.13. The molecule has 0 atom stereocenters. The molecule has 4 rings (SSSR count). The van der Waals surface area contributed by atoms with Crippen molar-refractivity contribution in [3.05, 3.63) is 94.5 Å². The maximum atomic E-state index is 12.9. The van der Waals surface area contributed by atoms with Crippen molar-refractivity contribution in [2.75, 3.05) is 16.8 Å². The third kappa shape index (κ3) is 3.78. The molecule has 0 spiro atoms. The second-order valence-corrected chi connectivity index (χ2v) is 7.17. The Morgan fingerprint density at radius 1 is 0.893 bits per heavy atom. The van der Waals surface area contributed by atoms with Crippen LogP contribution >= 0.6 is 11.6 Å². The van der Waals surface area contributed by atoms with Crippen molar-refractivity contribution in [1.82, 2.24) is 0 Å². The van der Waals surface area contributed by atoms with Gasteiger partial charge >= 0.3 is 0 Å². The van der Waals surface area contributed by atoms with Crippen LogP contribution in [0, 0.1) is 0 Å². The Morgan fingerprint density at radius 3 is 2.39 bits per heavy atom. The summed E-state index contributed by atoms with van der Waals surface area (Å²) in [6, 6.07) is 21.8. The Balaban J connectivity index is 1.55. The van der Waals surface area contributed by atoms with Crippen molar-refractivity contribution >= 4 is 34.8 Å². The SMILES string of the molecule is O=C(Nc1ccc2c(c1)CCCN2C(=O)c1ccccc1)c1ccc(Cl)cc1. The van der Waals surface area contributed by atoms with Crippen molar-refractivity contribution < 1.29 is 9.59 Å². The minimum Gasteiger partial charge on any atom is -0.322 e. The molecule has 0 saturated heterocycles. The number of anilines is 2. The van der Waals surface area contributed by atoms with Gasteiger partial charge in [-0.15, -0.1) is 0 Å². The molecule has 140 valence electrons. The van der Waals surface area contributed by atoms with E-state index in [0.29, 0.717) is 28.4 Å². The summed E-state index contributed by atoms with van der Waals surface area (Å²) in [5.74, 6) is -0.191. The number of nitrogens with zero attached hydrogens (tertiary/aromatic N) is 1. The summed E-state index contributed by atoms with van der Waals surface area (Å²) >= 11 is 5.88. The van der Waals surface area contributed by atoms with Crippen LogP contribution in [-0.4, -0.2) is 18.4 Å². The second-order valence-electron chi connectivity index (χ2n) is 6.73. The van der Waals surface area contributed by atoms with Crippen molar-refractivity contribution in [3.8, 4) is 0 Å². The zero-order valence-corrected chi connectivity index (χ0v) is 15.9. The van der Waals surface area contributed by atoms with Crippen LogP contribution in [0.15, 0.2) is 72.8 Å². The average Bonchev–Trinajstić information content (AvgIpc) is 2.73. The van der Waals surface area contributed by atoms with Crippen LogP contribution in [0.1, 0.15) is 32.7 Å². The molecular formula is C23H19ClN2O2. The molecule has 28 heavy (non-hydrogen) atoms. The first-order valence-electron chi connectivity index (χ1n) is 9.18. The average molecular weight is 391 g/mol. The Labute approximate surface area is 168 Å².